The fraction of sp³-hybridized carbons (Fsp3) is 0.684. The van der Waals surface area contributed by atoms with E-state index in [1.54, 1.807) is 11.2 Å². The number of hydrogen-bond donors (Lipinski definition) is 2. The molecule has 0 unspecified atom stereocenters. The first kappa shape index (κ1) is 20.1. The second kappa shape index (κ2) is 8.14. The summed E-state index contributed by atoms with van der Waals surface area (Å²) in [6.07, 6.45) is 3.58. The third-order valence-corrected chi connectivity index (χ3v) is 6.98. The molecule has 0 radical (unpaired) electrons. The Kier molecular flexibility index (Phi) is 6.05. The van der Waals surface area contributed by atoms with Crippen molar-refractivity contribution in [3.63, 3.8) is 0 Å². The van der Waals surface area contributed by atoms with Gasteiger partial charge in [-0.2, -0.15) is 0 Å². The van der Waals surface area contributed by atoms with Crippen LogP contribution in [0.4, 0.5) is 5.82 Å². The number of nitrogens with zero attached hydrogens (tertiary/aromatic N) is 2. The van der Waals surface area contributed by atoms with Crippen LogP contribution in [0, 0.1) is 5.92 Å². The second-order valence-electron chi connectivity index (χ2n) is 7.74. The first-order valence-electron chi connectivity index (χ1n) is 9.85. The van der Waals surface area contributed by atoms with E-state index >= 15 is 0 Å². The molecule has 150 valence electrons. The van der Waals surface area contributed by atoms with Crippen molar-refractivity contribution >= 4 is 21.7 Å². The minimum atomic E-state index is -3.22. The molecule has 8 heteroatoms. The normalized spacial score (nSPS) is 18.1. The number of hydrogen-bond acceptors (Lipinski definition) is 5. The zero-order valence-electron chi connectivity index (χ0n) is 16.4. The highest BCUT2D eigenvalue weighted by atomic mass is 32.2. The zero-order chi connectivity index (χ0) is 19.6. The molecule has 7 nitrogen and oxygen atoms in total. The quantitative estimate of drug-likeness (QED) is 0.736. The van der Waals surface area contributed by atoms with E-state index in [1.807, 2.05) is 19.9 Å². The molecule has 1 fully saturated rings. The van der Waals surface area contributed by atoms with E-state index in [-0.39, 0.29) is 17.7 Å². The molecule has 1 aromatic rings. The smallest absolute Gasteiger partial charge is 0.255 e. The maximum atomic E-state index is 12.7. The van der Waals surface area contributed by atoms with Crippen LogP contribution in [0.3, 0.4) is 0 Å². The first-order valence-corrected chi connectivity index (χ1v) is 11.5. The summed E-state index contributed by atoms with van der Waals surface area (Å²) in [5.74, 6) is 1.25. The van der Waals surface area contributed by atoms with Gasteiger partial charge in [-0.25, -0.2) is 17.7 Å². The lowest BCUT2D eigenvalue weighted by Gasteiger charge is -2.18. The Hall–Kier alpha value is -1.67. The summed E-state index contributed by atoms with van der Waals surface area (Å²) in [7, 11) is -3.22. The van der Waals surface area contributed by atoms with Gasteiger partial charge in [0, 0.05) is 37.8 Å². The van der Waals surface area contributed by atoms with E-state index in [2.05, 4.69) is 10.6 Å². The molecule has 1 aliphatic heterocycles. The largest absolute Gasteiger partial charge is 0.369 e. The number of nitrogens with one attached hydrogen (secondary N) is 2. The van der Waals surface area contributed by atoms with Crippen molar-refractivity contribution in [3.8, 4) is 0 Å². The second-order valence-corrected chi connectivity index (χ2v) is 10.00. The molecule has 0 spiro atoms. The molecule has 2 aliphatic rings. The lowest BCUT2D eigenvalue weighted by molar-refractivity contribution is 0.0943. The van der Waals surface area contributed by atoms with Crippen LogP contribution in [0.5, 0.6) is 0 Å². The standard InChI is InChI=1S/C19H30N4O3S/c1-4-27(25,26)23-9-7-15-11-16(19(24)21-13(2)3)18(20-12-14-5-6-14)22-17(15)8-10-23/h11,13-14H,4-10,12H2,1-3H3,(H,20,22)(H,21,24). The molecule has 1 aromatic heterocycles. The van der Waals surface area contributed by atoms with Gasteiger partial charge in [0.1, 0.15) is 5.82 Å². The minimum absolute atomic E-state index is 0.0396. The van der Waals surface area contributed by atoms with Crippen LogP contribution in [0.1, 0.15) is 55.2 Å². The van der Waals surface area contributed by atoms with Crippen molar-refractivity contribution in [1.82, 2.24) is 14.6 Å². The molecule has 0 aromatic carbocycles. The van der Waals surface area contributed by atoms with Gasteiger partial charge < -0.3 is 10.6 Å². The Morgan fingerprint density at radius 3 is 2.63 bits per heavy atom. The number of rotatable bonds is 7. The van der Waals surface area contributed by atoms with Gasteiger partial charge in [0.15, 0.2) is 0 Å². The summed E-state index contributed by atoms with van der Waals surface area (Å²) in [6.45, 7) is 7.23. The molecule has 1 saturated carbocycles. The van der Waals surface area contributed by atoms with Crippen LogP contribution in [-0.4, -0.2) is 55.0 Å². The van der Waals surface area contributed by atoms with Crippen molar-refractivity contribution in [1.29, 1.82) is 0 Å². The molecule has 1 aliphatic carbocycles. The van der Waals surface area contributed by atoms with Crippen molar-refractivity contribution in [2.45, 2.75) is 52.5 Å². The Balaban J connectivity index is 1.87. The summed E-state index contributed by atoms with van der Waals surface area (Å²) in [6, 6.07) is 1.94. The molecule has 0 saturated heterocycles. The Morgan fingerprint density at radius 1 is 1.30 bits per heavy atom. The molecule has 27 heavy (non-hydrogen) atoms. The van der Waals surface area contributed by atoms with E-state index in [4.69, 9.17) is 4.98 Å². The van der Waals surface area contributed by atoms with Gasteiger partial charge in [0.2, 0.25) is 10.0 Å². The number of carbonyl (C=O) groups excluding carboxylic acids is 1. The van der Waals surface area contributed by atoms with E-state index in [9.17, 15) is 13.2 Å². The van der Waals surface area contributed by atoms with Crippen LogP contribution in [-0.2, 0) is 22.9 Å². The summed E-state index contributed by atoms with van der Waals surface area (Å²) >= 11 is 0. The van der Waals surface area contributed by atoms with E-state index in [0.29, 0.717) is 43.2 Å². The summed E-state index contributed by atoms with van der Waals surface area (Å²) in [4.78, 5) is 17.4. The molecule has 3 rings (SSSR count). The molecule has 1 amide bonds. The molecule has 2 N–H and O–H groups in total. The SMILES string of the molecule is CCS(=O)(=O)N1CCc2cc(C(=O)NC(C)C)c(NCC3CC3)nc2CC1. The van der Waals surface area contributed by atoms with Crippen molar-refractivity contribution in [2.24, 2.45) is 5.92 Å². The van der Waals surface area contributed by atoms with Crippen LogP contribution >= 0.6 is 0 Å². The van der Waals surface area contributed by atoms with Crippen molar-refractivity contribution in [2.75, 3.05) is 30.7 Å². The number of fused-ring (bicyclic) bond motifs is 1. The van der Waals surface area contributed by atoms with Crippen LogP contribution in [0.15, 0.2) is 6.07 Å². The van der Waals surface area contributed by atoms with Crippen LogP contribution in [0.2, 0.25) is 0 Å². The van der Waals surface area contributed by atoms with Gasteiger partial charge >= 0.3 is 0 Å². The van der Waals surface area contributed by atoms with E-state index < -0.39 is 10.0 Å². The predicted octanol–water partition coefficient (Wildman–Crippen LogP) is 1.79. The van der Waals surface area contributed by atoms with Gasteiger partial charge in [-0.15, -0.1) is 0 Å². The Morgan fingerprint density at radius 2 is 2.00 bits per heavy atom. The lowest BCUT2D eigenvalue weighted by Crippen LogP contribution is -2.34. The average Bonchev–Trinajstić information content (AvgIpc) is 3.44. The maximum absolute atomic E-state index is 12.7. The topological polar surface area (TPSA) is 91.4 Å². The fourth-order valence-corrected chi connectivity index (χ4v) is 4.39. The number of sulfonamides is 1. The monoisotopic (exact) mass is 394 g/mol. The molecular formula is C19H30N4O3S. The van der Waals surface area contributed by atoms with Crippen LogP contribution in [0.25, 0.3) is 0 Å². The van der Waals surface area contributed by atoms with Gasteiger partial charge in [-0.1, -0.05) is 0 Å². The zero-order valence-corrected chi connectivity index (χ0v) is 17.2. The minimum Gasteiger partial charge on any atom is -0.369 e. The van der Waals surface area contributed by atoms with Crippen molar-refractivity contribution in [3.05, 3.63) is 22.9 Å². The van der Waals surface area contributed by atoms with Gasteiger partial charge in [-0.05, 0) is 57.6 Å². The summed E-state index contributed by atoms with van der Waals surface area (Å²) in [5.41, 5.74) is 2.41. The number of aromatic nitrogens is 1. The lowest BCUT2D eigenvalue weighted by atomic mass is 10.0. The highest BCUT2D eigenvalue weighted by Crippen LogP contribution is 2.30. The average molecular weight is 395 g/mol. The maximum Gasteiger partial charge on any atom is 0.255 e. The molecular weight excluding hydrogens is 364 g/mol. The number of pyridine rings is 1. The molecule has 0 bridgehead atoms. The first-order chi connectivity index (χ1) is 12.8. The number of amides is 1. The number of carbonyl (C=O) groups is 1. The summed E-state index contributed by atoms with van der Waals surface area (Å²) < 4.78 is 26.0. The van der Waals surface area contributed by atoms with E-state index in [1.165, 1.54) is 12.8 Å². The summed E-state index contributed by atoms with van der Waals surface area (Å²) in [5, 5.41) is 6.29. The van der Waals surface area contributed by atoms with E-state index in [0.717, 1.165) is 17.8 Å². The van der Waals surface area contributed by atoms with Gasteiger partial charge in [-0.3, -0.25) is 4.79 Å². The third kappa shape index (κ3) is 4.99. The van der Waals surface area contributed by atoms with Gasteiger partial charge in [0.25, 0.3) is 5.91 Å². The Bertz CT molecular complexity index is 803. The highest BCUT2D eigenvalue weighted by molar-refractivity contribution is 7.89. The Labute approximate surface area is 162 Å². The predicted molar refractivity (Wildman–Crippen MR) is 106 cm³/mol. The third-order valence-electron chi connectivity index (χ3n) is 5.10. The van der Waals surface area contributed by atoms with Crippen LogP contribution < -0.4 is 10.6 Å². The number of anilines is 1. The fourth-order valence-electron chi connectivity index (χ4n) is 3.28. The highest BCUT2D eigenvalue weighted by Gasteiger charge is 2.27. The van der Waals surface area contributed by atoms with Gasteiger partial charge in [0.05, 0.1) is 11.3 Å². The van der Waals surface area contributed by atoms with Crippen molar-refractivity contribution < 1.29 is 13.2 Å². The molecule has 0 atom stereocenters. The molecule has 2 heterocycles.